The quantitative estimate of drug-likeness (QED) is 0.873. The van der Waals surface area contributed by atoms with Crippen molar-refractivity contribution in [1.82, 2.24) is 10.1 Å². The van der Waals surface area contributed by atoms with E-state index in [2.05, 4.69) is 10.1 Å². The molecule has 6 nitrogen and oxygen atoms in total. The molecule has 3 atom stereocenters. The molecule has 2 heterocycles. The molecule has 0 saturated heterocycles. The zero-order valence-corrected chi connectivity index (χ0v) is 11.2. The molecule has 0 spiro atoms. The van der Waals surface area contributed by atoms with E-state index in [1.807, 2.05) is 24.3 Å². The zero-order chi connectivity index (χ0) is 14.1. The van der Waals surface area contributed by atoms with Gasteiger partial charge in [0.1, 0.15) is 11.8 Å². The highest BCUT2D eigenvalue weighted by Crippen LogP contribution is 2.31. The van der Waals surface area contributed by atoms with E-state index in [4.69, 9.17) is 15.0 Å². The number of hydrogen-bond donors (Lipinski definition) is 2. The van der Waals surface area contributed by atoms with Crippen LogP contribution in [0.2, 0.25) is 0 Å². The van der Waals surface area contributed by atoms with Crippen LogP contribution in [0.3, 0.4) is 0 Å². The van der Waals surface area contributed by atoms with Gasteiger partial charge < -0.3 is 20.1 Å². The highest BCUT2D eigenvalue weighted by atomic mass is 16.5. The molecule has 1 aliphatic heterocycles. The SMILES string of the molecule is C[C@@H](O)[C@H](N)c1nc(C2COc3ccccc3C2)no1. The van der Waals surface area contributed by atoms with Crippen molar-refractivity contribution in [3.05, 3.63) is 41.5 Å². The van der Waals surface area contributed by atoms with Crippen LogP contribution in [0.25, 0.3) is 0 Å². The highest BCUT2D eigenvalue weighted by molar-refractivity contribution is 5.36. The zero-order valence-electron chi connectivity index (χ0n) is 11.2. The van der Waals surface area contributed by atoms with Gasteiger partial charge in [-0.15, -0.1) is 0 Å². The van der Waals surface area contributed by atoms with Crippen LogP contribution in [-0.4, -0.2) is 28.0 Å². The van der Waals surface area contributed by atoms with Crippen molar-refractivity contribution in [3.63, 3.8) is 0 Å². The van der Waals surface area contributed by atoms with Crippen LogP contribution >= 0.6 is 0 Å². The van der Waals surface area contributed by atoms with Crippen LogP contribution in [-0.2, 0) is 6.42 Å². The Morgan fingerprint density at radius 2 is 2.20 bits per heavy atom. The molecular weight excluding hydrogens is 258 g/mol. The number of para-hydroxylation sites is 1. The van der Waals surface area contributed by atoms with Gasteiger partial charge in [-0.3, -0.25) is 0 Å². The molecular formula is C14H17N3O3. The summed E-state index contributed by atoms with van der Waals surface area (Å²) >= 11 is 0. The number of hydrogen-bond acceptors (Lipinski definition) is 6. The van der Waals surface area contributed by atoms with E-state index in [0.717, 1.165) is 17.7 Å². The summed E-state index contributed by atoms with van der Waals surface area (Å²) in [6.45, 7) is 2.11. The standard InChI is InChI=1S/C14H17N3O3/c1-8(18)12(15)14-16-13(17-20-14)10-6-9-4-2-3-5-11(9)19-7-10/h2-5,8,10,12,18H,6-7,15H2,1H3/t8-,10?,12+/m1/s1. The minimum atomic E-state index is -0.730. The van der Waals surface area contributed by atoms with Crippen molar-refractivity contribution < 1.29 is 14.4 Å². The third-order valence-corrected chi connectivity index (χ3v) is 3.51. The lowest BCUT2D eigenvalue weighted by Gasteiger charge is -2.22. The molecule has 1 unspecified atom stereocenters. The molecule has 3 N–H and O–H groups in total. The summed E-state index contributed by atoms with van der Waals surface area (Å²) in [6.07, 6.45) is 0.0747. The highest BCUT2D eigenvalue weighted by Gasteiger charge is 2.27. The molecule has 0 bridgehead atoms. The fourth-order valence-electron chi connectivity index (χ4n) is 2.25. The maximum Gasteiger partial charge on any atom is 0.246 e. The molecule has 3 rings (SSSR count). The first kappa shape index (κ1) is 13.1. The molecule has 0 radical (unpaired) electrons. The summed E-state index contributed by atoms with van der Waals surface area (Å²) in [6, 6.07) is 7.26. The van der Waals surface area contributed by atoms with Crippen LogP contribution < -0.4 is 10.5 Å². The van der Waals surface area contributed by atoms with Crippen molar-refractivity contribution in [1.29, 1.82) is 0 Å². The molecule has 2 aromatic rings. The number of aliphatic hydroxyl groups excluding tert-OH is 1. The Balaban J connectivity index is 1.78. The second kappa shape index (κ2) is 5.22. The van der Waals surface area contributed by atoms with Gasteiger partial charge in [0.15, 0.2) is 5.82 Å². The predicted molar refractivity (Wildman–Crippen MR) is 71.3 cm³/mol. The minimum Gasteiger partial charge on any atom is -0.493 e. The molecule has 0 aliphatic carbocycles. The van der Waals surface area contributed by atoms with E-state index < -0.39 is 12.1 Å². The van der Waals surface area contributed by atoms with Gasteiger partial charge in [-0.2, -0.15) is 4.98 Å². The summed E-state index contributed by atoms with van der Waals surface area (Å²) in [7, 11) is 0. The number of benzene rings is 1. The summed E-state index contributed by atoms with van der Waals surface area (Å²) in [5.74, 6) is 1.79. The van der Waals surface area contributed by atoms with E-state index in [1.165, 1.54) is 0 Å². The molecule has 0 saturated carbocycles. The second-order valence-electron chi connectivity index (χ2n) is 5.08. The summed E-state index contributed by atoms with van der Waals surface area (Å²) in [5, 5.41) is 13.4. The third kappa shape index (κ3) is 2.39. The summed E-state index contributed by atoms with van der Waals surface area (Å²) < 4.78 is 10.8. The number of ether oxygens (including phenoxy) is 1. The number of aromatic nitrogens is 2. The Labute approximate surface area is 116 Å². The van der Waals surface area contributed by atoms with Crippen LogP contribution in [0.5, 0.6) is 5.75 Å². The largest absolute Gasteiger partial charge is 0.493 e. The van der Waals surface area contributed by atoms with Crippen molar-refractivity contribution >= 4 is 0 Å². The monoisotopic (exact) mass is 275 g/mol. The fraction of sp³-hybridized carbons (Fsp3) is 0.429. The first-order valence-electron chi connectivity index (χ1n) is 6.63. The van der Waals surface area contributed by atoms with Crippen LogP contribution in [0, 0.1) is 0 Å². The Morgan fingerprint density at radius 3 is 3.00 bits per heavy atom. The minimum absolute atomic E-state index is 0.0450. The van der Waals surface area contributed by atoms with Gasteiger partial charge in [0.25, 0.3) is 0 Å². The summed E-state index contributed by atoms with van der Waals surface area (Å²) in [5.41, 5.74) is 6.91. The van der Waals surface area contributed by atoms with E-state index in [9.17, 15) is 5.11 Å². The van der Waals surface area contributed by atoms with Gasteiger partial charge in [0, 0.05) is 0 Å². The molecule has 20 heavy (non-hydrogen) atoms. The fourth-order valence-corrected chi connectivity index (χ4v) is 2.25. The van der Waals surface area contributed by atoms with Gasteiger partial charge in [0.2, 0.25) is 5.89 Å². The normalized spacial score (nSPS) is 20.9. The Bertz CT molecular complexity index is 597. The predicted octanol–water partition coefficient (Wildman–Crippen LogP) is 1.17. The van der Waals surface area contributed by atoms with E-state index in [0.29, 0.717) is 12.4 Å². The molecule has 0 amide bonds. The van der Waals surface area contributed by atoms with Crippen LogP contribution in [0.4, 0.5) is 0 Å². The Hall–Kier alpha value is -1.92. The molecule has 0 fully saturated rings. The number of rotatable bonds is 3. The van der Waals surface area contributed by atoms with Gasteiger partial charge in [-0.05, 0) is 25.0 Å². The smallest absolute Gasteiger partial charge is 0.246 e. The average Bonchev–Trinajstić information content (AvgIpc) is 2.95. The van der Waals surface area contributed by atoms with Gasteiger partial charge in [-0.25, -0.2) is 0 Å². The van der Waals surface area contributed by atoms with Crippen LogP contribution in [0.1, 0.15) is 36.2 Å². The molecule has 6 heteroatoms. The van der Waals surface area contributed by atoms with Crippen molar-refractivity contribution in [2.75, 3.05) is 6.61 Å². The van der Waals surface area contributed by atoms with Gasteiger partial charge in [-0.1, -0.05) is 23.4 Å². The first-order valence-corrected chi connectivity index (χ1v) is 6.63. The molecule has 1 aromatic carbocycles. The number of aliphatic hydroxyl groups is 1. The number of nitrogens with zero attached hydrogens (tertiary/aromatic N) is 2. The average molecular weight is 275 g/mol. The van der Waals surface area contributed by atoms with E-state index in [1.54, 1.807) is 6.92 Å². The Morgan fingerprint density at radius 1 is 1.40 bits per heavy atom. The Kier molecular flexibility index (Phi) is 3.42. The third-order valence-electron chi connectivity index (χ3n) is 3.51. The van der Waals surface area contributed by atoms with Crippen molar-refractivity contribution in [3.8, 4) is 5.75 Å². The first-order chi connectivity index (χ1) is 9.65. The lowest BCUT2D eigenvalue weighted by Crippen LogP contribution is -2.24. The van der Waals surface area contributed by atoms with Gasteiger partial charge in [0.05, 0.1) is 18.6 Å². The lowest BCUT2D eigenvalue weighted by atomic mass is 9.96. The second-order valence-corrected chi connectivity index (χ2v) is 5.08. The number of nitrogens with two attached hydrogens (primary N) is 1. The topological polar surface area (TPSA) is 94.4 Å². The molecule has 106 valence electrons. The van der Waals surface area contributed by atoms with E-state index in [-0.39, 0.29) is 11.8 Å². The molecule has 1 aromatic heterocycles. The number of fused-ring (bicyclic) bond motifs is 1. The van der Waals surface area contributed by atoms with Gasteiger partial charge >= 0.3 is 0 Å². The lowest BCUT2D eigenvalue weighted by molar-refractivity contribution is 0.146. The van der Waals surface area contributed by atoms with Crippen molar-refractivity contribution in [2.45, 2.75) is 31.4 Å². The maximum absolute atomic E-state index is 9.45. The maximum atomic E-state index is 9.45. The molecule has 1 aliphatic rings. The van der Waals surface area contributed by atoms with Crippen LogP contribution in [0.15, 0.2) is 28.8 Å². The van der Waals surface area contributed by atoms with E-state index >= 15 is 0 Å². The van der Waals surface area contributed by atoms with Crippen molar-refractivity contribution in [2.24, 2.45) is 5.73 Å². The summed E-state index contributed by atoms with van der Waals surface area (Å²) in [4.78, 5) is 4.29.